The Labute approximate surface area is 261 Å². The molecule has 3 fully saturated rings. The van der Waals surface area contributed by atoms with Crippen molar-refractivity contribution in [2.24, 2.45) is 29.4 Å². The first kappa shape index (κ1) is 26.9. The normalized spacial score (nSPS) is 23.7. The van der Waals surface area contributed by atoms with Gasteiger partial charge in [0.25, 0.3) is 5.91 Å². The molecular formula is C37H37N5O3. The number of nitrogens with two attached hydrogens (primary N) is 1. The molecule has 0 spiro atoms. The van der Waals surface area contributed by atoms with Crippen LogP contribution in [0.15, 0.2) is 54.7 Å². The molecule has 3 unspecified atom stereocenters. The van der Waals surface area contributed by atoms with E-state index in [1.165, 1.54) is 12.8 Å². The molecule has 3 saturated carbocycles. The smallest absolute Gasteiger partial charge is 0.251 e. The summed E-state index contributed by atoms with van der Waals surface area (Å²) in [5, 5.41) is 9.21. The lowest BCUT2D eigenvalue weighted by molar-refractivity contribution is 0.0871. The Kier molecular flexibility index (Phi) is 5.85. The number of carbonyl (C=O) groups excluding carboxylic acids is 2. The maximum Gasteiger partial charge on any atom is 0.251 e. The summed E-state index contributed by atoms with van der Waals surface area (Å²) >= 11 is 0. The van der Waals surface area contributed by atoms with Gasteiger partial charge in [-0.05, 0) is 97.7 Å². The highest BCUT2D eigenvalue weighted by Gasteiger charge is 2.49. The van der Waals surface area contributed by atoms with E-state index in [0.717, 1.165) is 81.4 Å². The van der Waals surface area contributed by atoms with Crippen LogP contribution in [0.5, 0.6) is 5.75 Å². The predicted molar refractivity (Wildman–Crippen MR) is 173 cm³/mol. The fraction of sp³-hybridized carbons (Fsp3) is 0.378. The molecule has 0 radical (unpaired) electrons. The van der Waals surface area contributed by atoms with Crippen LogP contribution in [0.2, 0.25) is 0 Å². The van der Waals surface area contributed by atoms with E-state index in [0.29, 0.717) is 29.7 Å². The van der Waals surface area contributed by atoms with Crippen molar-refractivity contribution in [1.82, 2.24) is 19.5 Å². The highest BCUT2D eigenvalue weighted by molar-refractivity contribution is 6.01. The zero-order chi connectivity index (χ0) is 30.6. The molecule has 4 atom stereocenters. The number of nitrogens with one attached hydrogen (secondary N) is 1. The first-order valence-electron chi connectivity index (χ1n) is 16.3. The first-order chi connectivity index (χ1) is 21.9. The number of benzene rings is 2. The number of aryl methyl sites for hydroxylation is 1. The molecule has 5 aromatic rings. The van der Waals surface area contributed by atoms with Gasteiger partial charge in [-0.1, -0.05) is 24.3 Å². The van der Waals surface area contributed by atoms with Crippen LogP contribution in [0.3, 0.4) is 0 Å². The number of hydrogen-bond acceptors (Lipinski definition) is 5. The van der Waals surface area contributed by atoms with Crippen molar-refractivity contribution in [2.75, 3.05) is 7.11 Å². The van der Waals surface area contributed by atoms with E-state index in [1.54, 1.807) is 7.11 Å². The first-order valence-corrected chi connectivity index (χ1v) is 16.3. The second-order valence-electron chi connectivity index (χ2n) is 13.8. The summed E-state index contributed by atoms with van der Waals surface area (Å²) in [7, 11) is 1.66. The lowest BCUT2D eigenvalue weighted by Gasteiger charge is -2.20. The molecule has 2 aromatic carbocycles. The summed E-state index contributed by atoms with van der Waals surface area (Å²) < 4.78 is 10.2. The zero-order valence-electron chi connectivity index (χ0n) is 25.7. The maximum absolute atomic E-state index is 13.8. The molecule has 1 amide bonds. The summed E-state index contributed by atoms with van der Waals surface area (Å²) in [5.41, 5.74) is 16.1. The van der Waals surface area contributed by atoms with Gasteiger partial charge in [-0.2, -0.15) is 5.10 Å². The van der Waals surface area contributed by atoms with Crippen molar-refractivity contribution < 1.29 is 14.3 Å². The van der Waals surface area contributed by atoms with Crippen molar-refractivity contribution >= 4 is 28.1 Å². The molecule has 3 N–H and O–H groups in total. The average Bonchev–Trinajstić information content (AvgIpc) is 3.26. The number of methoxy groups -OCH3 is 1. The molecule has 0 saturated heterocycles. The highest BCUT2D eigenvalue weighted by atomic mass is 16.5. The van der Waals surface area contributed by atoms with Crippen molar-refractivity contribution in [3.8, 4) is 28.3 Å². The third-order valence-corrected chi connectivity index (χ3v) is 11.2. The molecule has 3 aliphatic carbocycles. The van der Waals surface area contributed by atoms with E-state index in [9.17, 15) is 9.59 Å². The second kappa shape index (κ2) is 9.78. The standard InChI is InChI=1S/C37H37N5O3/c1-19-34(40-42-18-26(15-32(45-2)35(19)42)36(43)29-12-24-9-10-27(29)33(24)38)31-14-23-7-5-22(13-30(23)41(31)17-20-3-4-20)21-6-8-25-16-39-37(44)28(25)11-21/h5-8,11,13-15,18,20,24,27,29,33H,3-4,9-10,12,16-17,38H2,1-2H3,(H,39,44)/t24?,27?,29?,33-/m1/s1. The molecule has 8 heteroatoms. The van der Waals surface area contributed by atoms with Crippen molar-refractivity contribution in [3.05, 3.63) is 77.0 Å². The molecule has 4 aliphatic rings. The zero-order valence-corrected chi connectivity index (χ0v) is 25.7. The summed E-state index contributed by atoms with van der Waals surface area (Å²) in [4.78, 5) is 26.2. The Balaban J connectivity index is 1.15. The molecule has 228 valence electrons. The summed E-state index contributed by atoms with van der Waals surface area (Å²) in [6, 6.07) is 17.0. The SMILES string of the molecule is COc1cc(C(=O)C2CC3CCC2[C@@H]3N)cn2nc(-c3cc4ccc(-c5ccc6c(c5)C(=O)NC6)cc4n3CC3CC3)c(C)c12. The van der Waals surface area contributed by atoms with E-state index in [1.807, 2.05) is 22.8 Å². The minimum atomic E-state index is -0.0210. The monoisotopic (exact) mass is 599 g/mol. The number of ether oxygens (including phenoxy) is 1. The van der Waals surface area contributed by atoms with Crippen LogP contribution in [0.4, 0.5) is 0 Å². The third kappa shape index (κ3) is 4.11. The Morgan fingerprint density at radius 2 is 1.89 bits per heavy atom. The minimum absolute atomic E-state index is 0.00557. The van der Waals surface area contributed by atoms with Crippen LogP contribution in [0, 0.1) is 30.6 Å². The van der Waals surface area contributed by atoms with Crippen molar-refractivity contribution in [2.45, 2.75) is 58.2 Å². The van der Waals surface area contributed by atoms with Crippen LogP contribution in [-0.2, 0) is 13.1 Å². The Morgan fingerprint density at radius 3 is 2.64 bits per heavy atom. The number of carbonyl (C=O) groups is 2. The van der Waals surface area contributed by atoms with Gasteiger partial charge in [0.15, 0.2) is 5.78 Å². The van der Waals surface area contributed by atoms with Crippen LogP contribution in [-0.4, -0.2) is 39.0 Å². The Bertz CT molecular complexity index is 2070. The van der Waals surface area contributed by atoms with Crippen molar-refractivity contribution in [3.63, 3.8) is 0 Å². The Hall–Kier alpha value is -4.43. The minimum Gasteiger partial charge on any atom is -0.494 e. The number of aromatic nitrogens is 3. The molecular weight excluding hydrogens is 562 g/mol. The summed E-state index contributed by atoms with van der Waals surface area (Å²) in [6.07, 6.45) is 7.42. The second-order valence-corrected chi connectivity index (χ2v) is 13.8. The van der Waals surface area contributed by atoms with Gasteiger partial charge in [0.2, 0.25) is 0 Å². The van der Waals surface area contributed by atoms with Gasteiger partial charge in [-0.3, -0.25) is 9.59 Å². The highest BCUT2D eigenvalue weighted by Crippen LogP contribution is 2.49. The van der Waals surface area contributed by atoms with Gasteiger partial charge in [-0.15, -0.1) is 0 Å². The maximum atomic E-state index is 13.8. The molecule has 2 bridgehead atoms. The van der Waals surface area contributed by atoms with Crippen LogP contribution < -0.4 is 15.8 Å². The Morgan fingerprint density at radius 1 is 1.07 bits per heavy atom. The number of pyridine rings is 1. The fourth-order valence-corrected chi connectivity index (χ4v) is 8.50. The summed E-state index contributed by atoms with van der Waals surface area (Å²) in [5.74, 6) is 2.18. The molecule has 9 rings (SSSR count). The van der Waals surface area contributed by atoms with Crippen LogP contribution in [0.1, 0.15) is 63.9 Å². The van der Waals surface area contributed by atoms with Gasteiger partial charge in [0, 0.05) is 58.8 Å². The quantitative estimate of drug-likeness (QED) is 0.219. The molecule has 3 aromatic heterocycles. The van der Waals surface area contributed by atoms with E-state index < -0.39 is 0 Å². The number of hydrogen-bond donors (Lipinski definition) is 2. The van der Waals surface area contributed by atoms with Gasteiger partial charge in [0.1, 0.15) is 17.0 Å². The summed E-state index contributed by atoms with van der Waals surface area (Å²) in [6.45, 7) is 3.61. The lowest BCUT2D eigenvalue weighted by Crippen LogP contribution is -2.29. The number of nitrogens with zero attached hydrogens (tertiary/aromatic N) is 3. The van der Waals surface area contributed by atoms with Gasteiger partial charge >= 0.3 is 0 Å². The number of Topliss-reactive ketones (excluding diaryl/α,β-unsaturated/α-hetero) is 1. The van der Waals surface area contributed by atoms with E-state index in [2.05, 4.69) is 53.2 Å². The van der Waals surface area contributed by atoms with Crippen molar-refractivity contribution in [1.29, 1.82) is 0 Å². The fourth-order valence-electron chi connectivity index (χ4n) is 8.50. The van der Waals surface area contributed by atoms with Crippen LogP contribution in [0.25, 0.3) is 38.9 Å². The van der Waals surface area contributed by atoms with E-state index in [-0.39, 0.29) is 29.6 Å². The molecule has 8 nitrogen and oxygen atoms in total. The largest absolute Gasteiger partial charge is 0.494 e. The van der Waals surface area contributed by atoms with E-state index in [4.69, 9.17) is 15.6 Å². The number of amides is 1. The van der Waals surface area contributed by atoms with Gasteiger partial charge in [-0.25, -0.2) is 4.52 Å². The number of ketones is 1. The predicted octanol–water partition coefficient (Wildman–Crippen LogP) is 6.15. The van der Waals surface area contributed by atoms with Crippen LogP contribution >= 0.6 is 0 Å². The molecule has 1 aliphatic heterocycles. The average molecular weight is 600 g/mol. The lowest BCUT2D eigenvalue weighted by atomic mass is 9.83. The molecule has 45 heavy (non-hydrogen) atoms. The van der Waals surface area contributed by atoms with E-state index >= 15 is 0 Å². The molecule has 4 heterocycles. The van der Waals surface area contributed by atoms with Gasteiger partial charge in [0.05, 0.1) is 12.8 Å². The number of fused-ring (bicyclic) bond motifs is 5. The third-order valence-electron chi connectivity index (χ3n) is 11.2. The topological polar surface area (TPSA) is 104 Å². The van der Waals surface area contributed by atoms with Gasteiger partial charge < -0.3 is 20.4 Å². The number of rotatable bonds is 7.